The summed E-state index contributed by atoms with van der Waals surface area (Å²) < 4.78 is 37.8. The van der Waals surface area contributed by atoms with Gasteiger partial charge in [-0.15, -0.1) is 0 Å². The predicted octanol–water partition coefficient (Wildman–Crippen LogP) is 4.05. The zero-order valence-corrected chi connectivity index (χ0v) is 8.27. The van der Waals surface area contributed by atoms with Crippen LogP contribution in [0.4, 0.5) is 12.9 Å². The average molecular weight is 193 g/mol. The summed E-state index contributed by atoms with van der Waals surface area (Å²) in [6.07, 6.45) is 2.87. The topological polar surface area (TPSA) is 0 Å². The minimum absolute atomic E-state index is 0.117. The lowest BCUT2D eigenvalue weighted by molar-refractivity contribution is 0.236. The Bertz CT molecular complexity index is 165. The Kier molecular flexibility index (Phi) is 3.30. The van der Waals surface area contributed by atoms with E-state index in [1.807, 2.05) is 13.8 Å². The molecule has 0 aromatic heterocycles. The molecule has 0 aromatic carbocycles. The van der Waals surface area contributed by atoms with Gasteiger partial charge in [-0.3, -0.25) is 0 Å². The van der Waals surface area contributed by atoms with Crippen LogP contribution in [-0.2, 0) is 0 Å². The van der Waals surface area contributed by atoms with E-state index in [1.165, 1.54) is 0 Å². The highest BCUT2D eigenvalue weighted by Gasteiger charge is 2.41. The Hall–Kier alpha value is -0.145. The SMILES string of the molecule is CC(C)C1CCCCC1[B-](F)(F)F. The summed E-state index contributed by atoms with van der Waals surface area (Å²) in [7, 11) is 0. The first-order valence-electron chi connectivity index (χ1n) is 5.13. The highest BCUT2D eigenvalue weighted by molar-refractivity contribution is 6.60. The van der Waals surface area contributed by atoms with E-state index in [0.717, 1.165) is 19.3 Å². The zero-order valence-electron chi connectivity index (χ0n) is 8.27. The maximum absolute atomic E-state index is 12.6. The molecule has 0 heterocycles. The van der Waals surface area contributed by atoms with Crippen molar-refractivity contribution in [1.29, 1.82) is 0 Å². The number of hydrogen-bond donors (Lipinski definition) is 0. The number of hydrogen-bond acceptors (Lipinski definition) is 0. The summed E-state index contributed by atoms with van der Waals surface area (Å²) in [6.45, 7) is -0.794. The fraction of sp³-hybridized carbons (Fsp3) is 1.00. The van der Waals surface area contributed by atoms with Crippen molar-refractivity contribution in [3.63, 3.8) is 0 Å². The predicted molar refractivity (Wildman–Crippen MR) is 49.6 cm³/mol. The van der Waals surface area contributed by atoms with Gasteiger partial charge < -0.3 is 12.9 Å². The molecule has 0 bridgehead atoms. The maximum Gasteiger partial charge on any atom is 0.481 e. The lowest BCUT2D eigenvalue weighted by Gasteiger charge is -2.40. The molecular weight excluding hydrogens is 176 g/mol. The van der Waals surface area contributed by atoms with Crippen LogP contribution >= 0.6 is 0 Å². The highest BCUT2D eigenvalue weighted by atomic mass is 19.4. The van der Waals surface area contributed by atoms with Crippen LogP contribution < -0.4 is 0 Å². The molecule has 0 nitrogen and oxygen atoms in total. The molecule has 1 aliphatic carbocycles. The Morgan fingerprint density at radius 3 is 2.00 bits per heavy atom. The van der Waals surface area contributed by atoms with Gasteiger partial charge >= 0.3 is 6.98 Å². The molecule has 1 saturated carbocycles. The smallest absolute Gasteiger partial charge is 0.449 e. The summed E-state index contributed by atoms with van der Waals surface area (Å²) in [5, 5.41) is 0. The van der Waals surface area contributed by atoms with E-state index >= 15 is 0 Å². The molecule has 2 unspecified atom stereocenters. The lowest BCUT2D eigenvalue weighted by atomic mass is 9.57. The van der Waals surface area contributed by atoms with Crippen molar-refractivity contribution in [3.8, 4) is 0 Å². The summed E-state index contributed by atoms with van der Waals surface area (Å²) in [4.78, 5) is 0. The molecule has 0 spiro atoms. The van der Waals surface area contributed by atoms with Gasteiger partial charge in [0.05, 0.1) is 0 Å². The van der Waals surface area contributed by atoms with Crippen molar-refractivity contribution >= 4 is 6.98 Å². The van der Waals surface area contributed by atoms with E-state index in [0.29, 0.717) is 6.42 Å². The van der Waals surface area contributed by atoms with Gasteiger partial charge in [0.15, 0.2) is 0 Å². The molecule has 0 aliphatic heterocycles. The van der Waals surface area contributed by atoms with Gasteiger partial charge in [-0.1, -0.05) is 51.3 Å². The Labute approximate surface area is 78.0 Å². The van der Waals surface area contributed by atoms with E-state index in [-0.39, 0.29) is 11.8 Å². The van der Waals surface area contributed by atoms with Gasteiger partial charge in [-0.05, 0) is 5.92 Å². The van der Waals surface area contributed by atoms with Crippen molar-refractivity contribution in [2.45, 2.75) is 45.3 Å². The fourth-order valence-corrected chi connectivity index (χ4v) is 2.49. The van der Waals surface area contributed by atoms with Crippen molar-refractivity contribution in [2.75, 3.05) is 0 Å². The minimum atomic E-state index is -4.61. The largest absolute Gasteiger partial charge is 0.481 e. The van der Waals surface area contributed by atoms with Crippen molar-refractivity contribution < 1.29 is 12.9 Å². The van der Waals surface area contributed by atoms with Gasteiger partial charge in [-0.25, -0.2) is 0 Å². The zero-order chi connectivity index (χ0) is 10.1. The second-order valence-electron chi connectivity index (χ2n) is 4.48. The highest BCUT2D eigenvalue weighted by Crippen LogP contribution is 2.46. The van der Waals surface area contributed by atoms with E-state index < -0.39 is 12.8 Å². The molecule has 1 fully saturated rings. The van der Waals surface area contributed by atoms with Crippen molar-refractivity contribution in [1.82, 2.24) is 0 Å². The molecule has 0 radical (unpaired) electrons. The Balaban J connectivity index is 2.67. The van der Waals surface area contributed by atoms with Crippen LogP contribution in [0.1, 0.15) is 39.5 Å². The minimum Gasteiger partial charge on any atom is -0.449 e. The molecule has 1 aliphatic rings. The molecule has 0 aromatic rings. The van der Waals surface area contributed by atoms with E-state index in [1.54, 1.807) is 0 Å². The van der Waals surface area contributed by atoms with Crippen molar-refractivity contribution in [3.05, 3.63) is 0 Å². The molecule has 0 amide bonds. The number of rotatable bonds is 2. The quantitative estimate of drug-likeness (QED) is 0.580. The Morgan fingerprint density at radius 1 is 1.08 bits per heavy atom. The third kappa shape index (κ3) is 2.65. The summed E-state index contributed by atoms with van der Waals surface area (Å²) in [6, 6.07) is 0. The average Bonchev–Trinajstić information content (AvgIpc) is 2.03. The third-order valence-electron chi connectivity index (χ3n) is 3.22. The van der Waals surface area contributed by atoms with Gasteiger partial charge in [-0.2, -0.15) is 0 Å². The maximum atomic E-state index is 12.6. The normalized spacial score (nSPS) is 30.9. The first-order valence-corrected chi connectivity index (χ1v) is 5.13. The van der Waals surface area contributed by atoms with Crippen LogP contribution in [0.5, 0.6) is 0 Å². The van der Waals surface area contributed by atoms with Gasteiger partial charge in [0.2, 0.25) is 0 Å². The van der Waals surface area contributed by atoms with Gasteiger partial charge in [0, 0.05) is 0 Å². The monoisotopic (exact) mass is 193 g/mol. The summed E-state index contributed by atoms with van der Waals surface area (Å²) >= 11 is 0. The van der Waals surface area contributed by atoms with Crippen LogP contribution in [0.15, 0.2) is 0 Å². The fourth-order valence-electron chi connectivity index (χ4n) is 2.49. The summed E-state index contributed by atoms with van der Waals surface area (Å²) in [5.41, 5.74) is 0. The first kappa shape index (κ1) is 10.9. The molecule has 1 rings (SSSR count). The first-order chi connectivity index (χ1) is 5.93. The van der Waals surface area contributed by atoms with Gasteiger partial charge in [0.1, 0.15) is 0 Å². The van der Waals surface area contributed by atoms with Gasteiger partial charge in [0.25, 0.3) is 0 Å². The molecule has 13 heavy (non-hydrogen) atoms. The summed E-state index contributed by atoms with van der Waals surface area (Å²) in [5.74, 6) is -0.920. The second-order valence-corrected chi connectivity index (χ2v) is 4.48. The van der Waals surface area contributed by atoms with E-state index in [2.05, 4.69) is 0 Å². The molecule has 0 saturated heterocycles. The Morgan fingerprint density at radius 2 is 1.62 bits per heavy atom. The molecular formula is C9H17BF3-. The van der Waals surface area contributed by atoms with Crippen LogP contribution in [0.25, 0.3) is 0 Å². The standard InChI is InChI=1S/C9H17BF3/c1-7(2)8-5-3-4-6-9(8)10(11,12)13/h7-9H,3-6H2,1-2H3/q-1. The van der Waals surface area contributed by atoms with Crippen LogP contribution in [-0.4, -0.2) is 6.98 Å². The molecule has 4 heteroatoms. The lowest BCUT2D eigenvalue weighted by Crippen LogP contribution is -2.34. The van der Waals surface area contributed by atoms with Crippen LogP contribution in [0.3, 0.4) is 0 Å². The third-order valence-corrected chi connectivity index (χ3v) is 3.22. The molecule has 2 atom stereocenters. The van der Waals surface area contributed by atoms with Crippen molar-refractivity contribution in [2.24, 2.45) is 11.8 Å². The number of halogens is 3. The second kappa shape index (κ2) is 3.93. The van der Waals surface area contributed by atoms with E-state index in [9.17, 15) is 12.9 Å². The molecule has 0 N–H and O–H groups in total. The van der Waals surface area contributed by atoms with E-state index in [4.69, 9.17) is 0 Å². The van der Waals surface area contributed by atoms with Crippen LogP contribution in [0, 0.1) is 11.8 Å². The van der Waals surface area contributed by atoms with Crippen LogP contribution in [0.2, 0.25) is 5.82 Å². The molecule has 78 valence electrons.